The van der Waals surface area contributed by atoms with Crippen molar-refractivity contribution in [3.05, 3.63) is 27.8 Å². The van der Waals surface area contributed by atoms with Crippen molar-refractivity contribution in [2.75, 3.05) is 13.1 Å². The Morgan fingerprint density at radius 2 is 1.95 bits per heavy atom. The van der Waals surface area contributed by atoms with Gasteiger partial charge >= 0.3 is 5.97 Å². The second-order valence-electron chi connectivity index (χ2n) is 5.26. The topological polar surface area (TPSA) is 74.7 Å². The first-order valence-electron chi connectivity index (χ1n) is 6.25. The van der Waals surface area contributed by atoms with Gasteiger partial charge in [0.15, 0.2) is 0 Å². The maximum Gasteiger partial charge on any atom is 0.310 e. The van der Waals surface area contributed by atoms with E-state index in [1.165, 1.54) is 4.31 Å². The Morgan fingerprint density at radius 1 is 1.35 bits per heavy atom. The van der Waals surface area contributed by atoms with Gasteiger partial charge in [-0.1, -0.05) is 0 Å². The molecule has 0 radical (unpaired) electrons. The van der Waals surface area contributed by atoms with Gasteiger partial charge in [-0.15, -0.1) is 0 Å². The molecule has 0 aliphatic carbocycles. The van der Waals surface area contributed by atoms with Crippen molar-refractivity contribution in [2.24, 2.45) is 5.41 Å². The van der Waals surface area contributed by atoms with Crippen LogP contribution >= 0.6 is 22.6 Å². The minimum atomic E-state index is -3.62. The van der Waals surface area contributed by atoms with Crippen molar-refractivity contribution in [1.82, 2.24) is 4.31 Å². The third kappa shape index (κ3) is 2.99. The van der Waals surface area contributed by atoms with Crippen LogP contribution in [0.2, 0.25) is 0 Å². The summed E-state index contributed by atoms with van der Waals surface area (Å²) in [5.41, 5.74) is -1.01. The molecule has 1 fully saturated rings. The summed E-state index contributed by atoms with van der Waals surface area (Å²) in [7, 11) is -3.62. The summed E-state index contributed by atoms with van der Waals surface area (Å²) in [6.45, 7) is 2.00. The number of hydrogen-bond acceptors (Lipinski definition) is 3. The van der Waals surface area contributed by atoms with E-state index < -0.39 is 21.4 Å². The molecule has 1 aromatic carbocycles. The van der Waals surface area contributed by atoms with E-state index in [0.29, 0.717) is 19.4 Å². The van der Waals surface area contributed by atoms with Crippen LogP contribution in [0.15, 0.2) is 29.2 Å². The SMILES string of the molecule is CC1(C(=O)O)CCCN(S(=O)(=O)c2ccc(I)cc2)C1. The van der Waals surface area contributed by atoms with Crippen LogP contribution in [0.3, 0.4) is 0 Å². The molecule has 1 unspecified atom stereocenters. The maximum absolute atomic E-state index is 12.5. The molecule has 1 N–H and O–H groups in total. The van der Waals surface area contributed by atoms with Crippen molar-refractivity contribution >= 4 is 38.6 Å². The molecule has 110 valence electrons. The monoisotopic (exact) mass is 409 g/mol. The Bertz CT molecular complexity index is 614. The lowest BCUT2D eigenvalue weighted by atomic mass is 9.83. The number of piperidine rings is 1. The molecule has 1 aromatic rings. The number of carbonyl (C=O) groups is 1. The van der Waals surface area contributed by atoms with Crippen LogP contribution in [-0.4, -0.2) is 36.9 Å². The summed E-state index contributed by atoms with van der Waals surface area (Å²) in [5, 5.41) is 9.27. The highest BCUT2D eigenvalue weighted by Crippen LogP contribution is 2.32. The predicted octanol–water partition coefficient (Wildman–Crippen LogP) is 2.17. The highest BCUT2D eigenvalue weighted by atomic mass is 127. The zero-order chi connectivity index (χ0) is 15.0. The Kier molecular flexibility index (Phi) is 4.41. The van der Waals surface area contributed by atoms with Gasteiger partial charge in [-0.3, -0.25) is 4.79 Å². The number of benzene rings is 1. The largest absolute Gasteiger partial charge is 0.481 e. The van der Waals surface area contributed by atoms with E-state index in [-0.39, 0.29) is 11.4 Å². The van der Waals surface area contributed by atoms with E-state index in [1.54, 1.807) is 31.2 Å². The molecule has 0 aromatic heterocycles. The van der Waals surface area contributed by atoms with Crippen LogP contribution in [0.25, 0.3) is 0 Å². The van der Waals surface area contributed by atoms with Gasteiger partial charge in [-0.2, -0.15) is 4.31 Å². The number of aliphatic carboxylic acids is 1. The van der Waals surface area contributed by atoms with Crippen molar-refractivity contribution in [3.63, 3.8) is 0 Å². The van der Waals surface area contributed by atoms with Crippen LogP contribution in [0.1, 0.15) is 19.8 Å². The highest BCUT2D eigenvalue weighted by molar-refractivity contribution is 14.1. The van der Waals surface area contributed by atoms with Crippen LogP contribution in [-0.2, 0) is 14.8 Å². The third-order valence-electron chi connectivity index (χ3n) is 3.63. The average molecular weight is 409 g/mol. The molecular formula is C13H16INO4S. The average Bonchev–Trinajstić information content (AvgIpc) is 2.39. The molecular weight excluding hydrogens is 393 g/mol. The van der Waals surface area contributed by atoms with Gasteiger partial charge in [0.2, 0.25) is 10.0 Å². The number of halogens is 1. The third-order valence-corrected chi connectivity index (χ3v) is 6.21. The van der Waals surface area contributed by atoms with E-state index in [0.717, 1.165) is 3.57 Å². The van der Waals surface area contributed by atoms with E-state index in [2.05, 4.69) is 22.6 Å². The van der Waals surface area contributed by atoms with Gasteiger partial charge in [-0.05, 0) is 66.6 Å². The molecule has 1 saturated heterocycles. The first-order valence-corrected chi connectivity index (χ1v) is 8.77. The number of nitrogens with zero attached hydrogens (tertiary/aromatic N) is 1. The first kappa shape index (κ1) is 15.7. The second kappa shape index (κ2) is 5.61. The fourth-order valence-electron chi connectivity index (χ4n) is 2.33. The standard InChI is InChI=1S/C13H16INO4S/c1-13(12(16)17)7-2-8-15(9-13)20(18,19)11-5-3-10(14)4-6-11/h3-6H,2,7-9H2,1H3,(H,16,17). The van der Waals surface area contributed by atoms with Gasteiger partial charge in [-0.25, -0.2) is 8.42 Å². The van der Waals surface area contributed by atoms with Crippen molar-refractivity contribution in [1.29, 1.82) is 0 Å². The fraction of sp³-hybridized carbons (Fsp3) is 0.462. The molecule has 0 amide bonds. The van der Waals surface area contributed by atoms with E-state index in [4.69, 9.17) is 0 Å². The van der Waals surface area contributed by atoms with Crippen molar-refractivity contribution in [3.8, 4) is 0 Å². The van der Waals surface area contributed by atoms with Crippen molar-refractivity contribution in [2.45, 2.75) is 24.7 Å². The summed E-state index contributed by atoms with van der Waals surface area (Å²) in [4.78, 5) is 11.5. The zero-order valence-corrected chi connectivity index (χ0v) is 14.0. The molecule has 2 rings (SSSR count). The Morgan fingerprint density at radius 3 is 2.50 bits per heavy atom. The molecule has 5 nitrogen and oxygen atoms in total. The minimum Gasteiger partial charge on any atom is -0.481 e. The normalized spacial score (nSPS) is 24.5. The molecule has 7 heteroatoms. The Labute approximate surface area is 132 Å². The second-order valence-corrected chi connectivity index (χ2v) is 8.45. The van der Waals surface area contributed by atoms with Gasteiger partial charge in [0.05, 0.1) is 10.3 Å². The van der Waals surface area contributed by atoms with Gasteiger partial charge in [0, 0.05) is 16.7 Å². The minimum absolute atomic E-state index is 0.0245. The van der Waals surface area contributed by atoms with Crippen LogP contribution in [0.5, 0.6) is 0 Å². The number of hydrogen-bond donors (Lipinski definition) is 1. The number of sulfonamides is 1. The van der Waals surface area contributed by atoms with Crippen LogP contribution < -0.4 is 0 Å². The van der Waals surface area contributed by atoms with E-state index >= 15 is 0 Å². The summed E-state index contributed by atoms with van der Waals surface area (Å²) in [5.74, 6) is -0.944. The van der Waals surface area contributed by atoms with E-state index in [9.17, 15) is 18.3 Å². The van der Waals surface area contributed by atoms with Crippen LogP contribution in [0.4, 0.5) is 0 Å². The fourth-order valence-corrected chi connectivity index (χ4v) is 4.29. The molecule has 1 heterocycles. The highest BCUT2D eigenvalue weighted by Gasteiger charge is 2.41. The smallest absolute Gasteiger partial charge is 0.310 e. The van der Waals surface area contributed by atoms with Crippen LogP contribution in [0, 0.1) is 8.99 Å². The first-order chi connectivity index (χ1) is 9.25. The molecule has 0 spiro atoms. The summed E-state index contributed by atoms with van der Waals surface area (Å²) >= 11 is 2.11. The van der Waals surface area contributed by atoms with E-state index in [1.807, 2.05) is 0 Å². The van der Waals surface area contributed by atoms with Gasteiger partial charge < -0.3 is 5.11 Å². The molecule has 0 bridgehead atoms. The molecule has 1 aliphatic heterocycles. The predicted molar refractivity (Wildman–Crippen MR) is 82.9 cm³/mol. The quantitative estimate of drug-likeness (QED) is 0.777. The lowest BCUT2D eigenvalue weighted by molar-refractivity contribution is -0.150. The van der Waals surface area contributed by atoms with Crippen molar-refractivity contribution < 1.29 is 18.3 Å². The number of carboxylic acids is 1. The summed E-state index contributed by atoms with van der Waals surface area (Å²) in [6.07, 6.45) is 1.06. The summed E-state index contributed by atoms with van der Waals surface area (Å²) in [6, 6.07) is 6.58. The summed E-state index contributed by atoms with van der Waals surface area (Å²) < 4.78 is 27.3. The lowest BCUT2D eigenvalue weighted by Gasteiger charge is -2.36. The van der Waals surface area contributed by atoms with Gasteiger partial charge in [0.25, 0.3) is 0 Å². The molecule has 0 saturated carbocycles. The molecule has 20 heavy (non-hydrogen) atoms. The Hall–Kier alpha value is -0.670. The van der Waals surface area contributed by atoms with Gasteiger partial charge in [0.1, 0.15) is 0 Å². The maximum atomic E-state index is 12.5. The number of carboxylic acid groups (broad SMARTS) is 1. The lowest BCUT2D eigenvalue weighted by Crippen LogP contribution is -2.48. The molecule has 1 atom stereocenters. The number of rotatable bonds is 3. The molecule has 1 aliphatic rings. The Balaban J connectivity index is 2.30. The zero-order valence-electron chi connectivity index (χ0n) is 11.0.